The summed E-state index contributed by atoms with van der Waals surface area (Å²) in [6.07, 6.45) is 2.93. The van der Waals surface area contributed by atoms with Crippen molar-refractivity contribution in [1.29, 1.82) is 0 Å². The van der Waals surface area contributed by atoms with Gasteiger partial charge in [-0.2, -0.15) is 0 Å². The maximum Gasteiger partial charge on any atom is 0.222 e. The van der Waals surface area contributed by atoms with Crippen molar-refractivity contribution in [2.75, 3.05) is 14.1 Å². The van der Waals surface area contributed by atoms with Crippen LogP contribution in [-0.2, 0) is 11.4 Å². The number of thiocarbonyl (C=S) groups is 1. The molecule has 102 valence electrons. The first-order valence-corrected chi connectivity index (χ1v) is 6.25. The minimum Gasteiger partial charge on any atom is -0.369 e. The van der Waals surface area contributed by atoms with E-state index < -0.39 is 0 Å². The SMILES string of the molecule is CN(C)C=NC(=S)N=CNOCc1ccc(Cl)cc1. The van der Waals surface area contributed by atoms with Gasteiger partial charge in [-0.25, -0.2) is 9.98 Å². The van der Waals surface area contributed by atoms with Crippen LogP contribution in [0.4, 0.5) is 0 Å². The van der Waals surface area contributed by atoms with Crippen molar-refractivity contribution in [3.8, 4) is 0 Å². The third-order valence-electron chi connectivity index (χ3n) is 1.86. The van der Waals surface area contributed by atoms with E-state index in [1.165, 1.54) is 6.34 Å². The molecule has 0 fully saturated rings. The van der Waals surface area contributed by atoms with Gasteiger partial charge in [0.25, 0.3) is 0 Å². The molecule has 0 aromatic heterocycles. The Morgan fingerprint density at radius 3 is 2.68 bits per heavy atom. The highest BCUT2D eigenvalue weighted by Crippen LogP contribution is 2.09. The van der Waals surface area contributed by atoms with Crippen molar-refractivity contribution in [2.45, 2.75) is 6.61 Å². The van der Waals surface area contributed by atoms with Crippen molar-refractivity contribution in [1.82, 2.24) is 10.4 Å². The smallest absolute Gasteiger partial charge is 0.222 e. The summed E-state index contributed by atoms with van der Waals surface area (Å²) in [5, 5.41) is 0.915. The molecule has 0 aliphatic carbocycles. The third kappa shape index (κ3) is 7.50. The molecule has 0 heterocycles. The Kier molecular flexibility index (Phi) is 7.02. The molecule has 1 aromatic carbocycles. The van der Waals surface area contributed by atoms with E-state index in [4.69, 9.17) is 28.7 Å². The van der Waals surface area contributed by atoms with E-state index >= 15 is 0 Å². The van der Waals surface area contributed by atoms with E-state index in [1.807, 2.05) is 26.2 Å². The lowest BCUT2D eigenvalue weighted by Crippen LogP contribution is -2.13. The minimum absolute atomic E-state index is 0.219. The van der Waals surface area contributed by atoms with Crippen LogP contribution in [0.3, 0.4) is 0 Å². The van der Waals surface area contributed by atoms with Crippen molar-refractivity contribution < 1.29 is 4.84 Å². The number of aliphatic imine (C=N–C) groups is 2. The lowest BCUT2D eigenvalue weighted by molar-refractivity contribution is 0.0746. The number of benzene rings is 1. The Labute approximate surface area is 122 Å². The van der Waals surface area contributed by atoms with Gasteiger partial charge in [0.15, 0.2) is 0 Å². The Hall–Kier alpha value is -1.50. The predicted molar refractivity (Wildman–Crippen MR) is 82.6 cm³/mol. The number of hydrogen-bond donors (Lipinski definition) is 1. The fraction of sp³-hybridized carbons (Fsp3) is 0.250. The maximum atomic E-state index is 5.77. The van der Waals surface area contributed by atoms with E-state index in [0.29, 0.717) is 11.6 Å². The van der Waals surface area contributed by atoms with Gasteiger partial charge < -0.3 is 4.90 Å². The van der Waals surface area contributed by atoms with Crippen molar-refractivity contribution in [3.05, 3.63) is 34.9 Å². The normalized spacial score (nSPS) is 11.1. The monoisotopic (exact) mass is 298 g/mol. The van der Waals surface area contributed by atoms with Gasteiger partial charge >= 0.3 is 0 Å². The first kappa shape index (κ1) is 15.6. The molecule has 0 amide bonds. The average molecular weight is 299 g/mol. The Morgan fingerprint density at radius 2 is 2.05 bits per heavy atom. The number of nitrogens with one attached hydrogen (secondary N) is 1. The quantitative estimate of drug-likeness (QED) is 0.298. The van der Waals surface area contributed by atoms with E-state index in [-0.39, 0.29) is 5.11 Å². The largest absolute Gasteiger partial charge is 0.369 e. The predicted octanol–water partition coefficient (Wildman–Crippen LogP) is 2.26. The Balaban J connectivity index is 2.23. The lowest BCUT2D eigenvalue weighted by atomic mass is 10.2. The third-order valence-corrected chi connectivity index (χ3v) is 2.33. The number of nitrogens with zero attached hydrogens (tertiary/aromatic N) is 3. The summed E-state index contributed by atoms with van der Waals surface area (Å²) in [5.41, 5.74) is 3.57. The second-order valence-corrected chi connectivity index (χ2v) is 4.58. The van der Waals surface area contributed by atoms with Crippen LogP contribution in [0.25, 0.3) is 0 Å². The van der Waals surface area contributed by atoms with Gasteiger partial charge in [0, 0.05) is 19.1 Å². The van der Waals surface area contributed by atoms with E-state index in [1.54, 1.807) is 23.4 Å². The first-order valence-electron chi connectivity index (χ1n) is 5.47. The van der Waals surface area contributed by atoms with Gasteiger partial charge in [0.1, 0.15) is 6.34 Å². The highest BCUT2D eigenvalue weighted by molar-refractivity contribution is 7.80. The average Bonchev–Trinajstić information content (AvgIpc) is 2.38. The number of halogens is 1. The maximum absolute atomic E-state index is 5.77. The minimum atomic E-state index is 0.219. The van der Waals surface area contributed by atoms with Gasteiger partial charge in [-0.3, -0.25) is 10.3 Å². The van der Waals surface area contributed by atoms with Crippen molar-refractivity contribution >= 4 is 41.6 Å². The molecule has 0 spiro atoms. The van der Waals surface area contributed by atoms with Crippen LogP contribution in [0.2, 0.25) is 5.02 Å². The van der Waals surface area contributed by atoms with Crippen LogP contribution in [0.1, 0.15) is 5.56 Å². The van der Waals surface area contributed by atoms with Crippen molar-refractivity contribution in [3.63, 3.8) is 0 Å². The van der Waals surface area contributed by atoms with Crippen LogP contribution in [-0.4, -0.2) is 36.8 Å². The van der Waals surface area contributed by atoms with Gasteiger partial charge in [-0.05, 0) is 29.9 Å². The van der Waals surface area contributed by atoms with Crippen LogP contribution >= 0.6 is 23.8 Å². The van der Waals surface area contributed by atoms with Crippen LogP contribution in [0.5, 0.6) is 0 Å². The molecule has 0 unspecified atom stereocenters. The van der Waals surface area contributed by atoms with Gasteiger partial charge in [0.2, 0.25) is 5.11 Å². The summed E-state index contributed by atoms with van der Waals surface area (Å²) in [7, 11) is 3.70. The first-order chi connectivity index (χ1) is 9.08. The highest BCUT2D eigenvalue weighted by atomic mass is 35.5. The van der Waals surface area contributed by atoms with E-state index in [0.717, 1.165) is 5.56 Å². The van der Waals surface area contributed by atoms with Gasteiger partial charge in [-0.15, -0.1) is 0 Å². The summed E-state index contributed by atoms with van der Waals surface area (Å²) in [6.45, 7) is 0.400. The van der Waals surface area contributed by atoms with Crippen LogP contribution in [0.15, 0.2) is 34.3 Å². The molecular formula is C12H15ClN4OS. The molecule has 0 saturated heterocycles. The van der Waals surface area contributed by atoms with Crippen LogP contribution < -0.4 is 5.48 Å². The number of rotatable bonds is 5. The summed E-state index contributed by atoms with van der Waals surface area (Å²) in [5.74, 6) is 0. The fourth-order valence-electron chi connectivity index (χ4n) is 1.02. The Morgan fingerprint density at radius 1 is 1.37 bits per heavy atom. The molecule has 0 aliphatic rings. The molecule has 19 heavy (non-hydrogen) atoms. The molecule has 1 aromatic rings. The zero-order valence-electron chi connectivity index (χ0n) is 10.7. The number of hydroxylamine groups is 1. The lowest BCUT2D eigenvalue weighted by Gasteiger charge is -2.02. The summed E-state index contributed by atoms with van der Waals surface area (Å²) >= 11 is 10.7. The molecule has 1 rings (SSSR count). The molecule has 0 saturated carbocycles. The molecule has 0 bridgehead atoms. The molecule has 0 aliphatic heterocycles. The molecular weight excluding hydrogens is 284 g/mol. The molecule has 0 radical (unpaired) electrons. The van der Waals surface area contributed by atoms with Gasteiger partial charge in [-0.1, -0.05) is 23.7 Å². The zero-order chi connectivity index (χ0) is 14.1. The van der Waals surface area contributed by atoms with E-state index in [9.17, 15) is 0 Å². The Bertz CT molecular complexity index is 459. The zero-order valence-corrected chi connectivity index (χ0v) is 12.3. The summed E-state index contributed by atoms with van der Waals surface area (Å²) < 4.78 is 0. The highest BCUT2D eigenvalue weighted by Gasteiger charge is 1.92. The second-order valence-electron chi connectivity index (χ2n) is 3.78. The van der Waals surface area contributed by atoms with Crippen molar-refractivity contribution in [2.24, 2.45) is 9.98 Å². The van der Waals surface area contributed by atoms with Crippen LogP contribution in [0, 0.1) is 0 Å². The topological polar surface area (TPSA) is 49.2 Å². The number of hydrogen-bond acceptors (Lipinski definition) is 2. The fourth-order valence-corrected chi connectivity index (χ4v) is 1.25. The van der Waals surface area contributed by atoms with E-state index in [2.05, 4.69) is 15.5 Å². The summed E-state index contributed by atoms with van der Waals surface area (Å²) in [6, 6.07) is 7.37. The second kappa shape index (κ2) is 8.58. The molecule has 1 N–H and O–H groups in total. The summed E-state index contributed by atoms with van der Waals surface area (Å²) in [4.78, 5) is 14.7. The standard InChI is InChI=1S/C12H15ClN4OS/c1-17(2)9-15-12(19)14-8-16-18-7-10-3-5-11(13)6-4-10/h3-6,8-9H,7H2,1-2H3,(H,14,16,19). The molecule has 5 nitrogen and oxygen atoms in total. The molecule has 0 atom stereocenters. The van der Waals surface area contributed by atoms with Gasteiger partial charge in [0.05, 0.1) is 12.9 Å². The molecule has 7 heteroatoms.